The Kier molecular flexibility index (Phi) is 1.77. The quantitative estimate of drug-likeness (QED) is 0.491. The first-order valence-corrected chi connectivity index (χ1v) is 3.82. The van der Waals surface area contributed by atoms with Crippen LogP contribution in [0.15, 0.2) is 30.3 Å². The fraction of sp³-hybridized carbons (Fsp3) is 0. The van der Waals surface area contributed by atoms with E-state index in [1.807, 2.05) is 0 Å². The number of rotatable bonds is 1. The molecule has 64 valence electrons. The van der Waals surface area contributed by atoms with E-state index in [4.69, 9.17) is 0 Å². The maximum Gasteiger partial charge on any atom is 0.213 e. The van der Waals surface area contributed by atoms with Crippen molar-refractivity contribution in [1.29, 1.82) is 0 Å². The van der Waals surface area contributed by atoms with Crippen LogP contribution in [-0.2, 0) is 0 Å². The molecule has 13 heavy (non-hydrogen) atoms. The Hall–Kier alpha value is -1.77. The van der Waals surface area contributed by atoms with Crippen molar-refractivity contribution in [1.82, 2.24) is 4.98 Å². The smallest absolute Gasteiger partial charge is 0.213 e. The van der Waals surface area contributed by atoms with Crippen molar-refractivity contribution in [2.75, 3.05) is 0 Å². The van der Waals surface area contributed by atoms with Gasteiger partial charge in [0.05, 0.1) is 5.52 Å². The van der Waals surface area contributed by atoms with Gasteiger partial charge in [0.25, 0.3) is 0 Å². The predicted molar refractivity (Wildman–Crippen MR) is 47.1 cm³/mol. The lowest BCUT2D eigenvalue weighted by Gasteiger charge is -1.98. The summed E-state index contributed by atoms with van der Waals surface area (Å²) in [6.07, 6.45) is 0.675. The number of carbonyl (C=O) groups is 1. The SMILES string of the molecule is O=Cc1cccc2ccc(F)nc12. The van der Waals surface area contributed by atoms with Crippen LogP contribution in [0.4, 0.5) is 4.39 Å². The zero-order valence-electron chi connectivity index (χ0n) is 6.70. The molecule has 2 rings (SSSR count). The lowest BCUT2D eigenvalue weighted by molar-refractivity contribution is 0.112. The molecule has 1 heterocycles. The number of fused-ring (bicyclic) bond motifs is 1. The number of benzene rings is 1. The zero-order chi connectivity index (χ0) is 9.26. The topological polar surface area (TPSA) is 30.0 Å². The molecule has 3 heteroatoms. The van der Waals surface area contributed by atoms with E-state index < -0.39 is 5.95 Å². The first-order chi connectivity index (χ1) is 6.31. The van der Waals surface area contributed by atoms with Crippen LogP contribution in [0, 0.1) is 5.95 Å². The number of hydrogen-bond acceptors (Lipinski definition) is 2. The fourth-order valence-corrected chi connectivity index (χ4v) is 1.24. The molecule has 0 saturated carbocycles. The molecule has 0 N–H and O–H groups in total. The van der Waals surface area contributed by atoms with E-state index in [2.05, 4.69) is 4.98 Å². The molecule has 2 nitrogen and oxygen atoms in total. The van der Waals surface area contributed by atoms with Crippen molar-refractivity contribution >= 4 is 17.2 Å². The molecule has 1 aromatic heterocycles. The first kappa shape index (κ1) is 7.86. The average molecular weight is 175 g/mol. The minimum atomic E-state index is -0.568. The number of carbonyl (C=O) groups excluding carboxylic acids is 1. The van der Waals surface area contributed by atoms with Gasteiger partial charge in [-0.15, -0.1) is 0 Å². The van der Waals surface area contributed by atoms with Crippen molar-refractivity contribution in [3.05, 3.63) is 41.8 Å². The number of hydrogen-bond donors (Lipinski definition) is 0. The molecule has 0 amide bonds. The van der Waals surface area contributed by atoms with Gasteiger partial charge in [0.1, 0.15) is 0 Å². The van der Waals surface area contributed by atoms with Crippen molar-refractivity contribution in [2.45, 2.75) is 0 Å². The van der Waals surface area contributed by atoms with E-state index >= 15 is 0 Å². The fourth-order valence-electron chi connectivity index (χ4n) is 1.24. The van der Waals surface area contributed by atoms with Crippen LogP contribution in [0.25, 0.3) is 10.9 Å². The van der Waals surface area contributed by atoms with Gasteiger partial charge in [-0.25, -0.2) is 4.98 Å². The number of nitrogens with zero attached hydrogens (tertiary/aromatic N) is 1. The summed E-state index contributed by atoms with van der Waals surface area (Å²) < 4.78 is 12.7. The highest BCUT2D eigenvalue weighted by Crippen LogP contribution is 2.15. The second-order valence-electron chi connectivity index (χ2n) is 2.67. The molecule has 0 saturated heterocycles. The molecule has 0 aliphatic carbocycles. The van der Waals surface area contributed by atoms with Crippen LogP contribution in [0.1, 0.15) is 10.4 Å². The van der Waals surface area contributed by atoms with Gasteiger partial charge in [-0.1, -0.05) is 12.1 Å². The van der Waals surface area contributed by atoms with Crippen LogP contribution >= 0.6 is 0 Å². The number of para-hydroxylation sites is 1. The molecule has 2 aromatic rings. The molecular weight excluding hydrogens is 169 g/mol. The largest absolute Gasteiger partial charge is 0.298 e. The predicted octanol–water partition coefficient (Wildman–Crippen LogP) is 2.19. The van der Waals surface area contributed by atoms with Crippen molar-refractivity contribution < 1.29 is 9.18 Å². The van der Waals surface area contributed by atoms with E-state index in [1.165, 1.54) is 6.07 Å². The maximum absolute atomic E-state index is 12.7. The molecule has 0 aliphatic heterocycles. The third kappa shape index (κ3) is 1.28. The summed E-state index contributed by atoms with van der Waals surface area (Å²) in [4.78, 5) is 14.2. The molecule has 1 aromatic carbocycles. The monoisotopic (exact) mass is 175 g/mol. The van der Waals surface area contributed by atoms with Crippen LogP contribution in [0.5, 0.6) is 0 Å². The van der Waals surface area contributed by atoms with Gasteiger partial charge in [0.15, 0.2) is 6.29 Å². The van der Waals surface area contributed by atoms with Gasteiger partial charge >= 0.3 is 0 Å². The molecular formula is C10H6FNO. The summed E-state index contributed by atoms with van der Waals surface area (Å²) >= 11 is 0. The van der Waals surface area contributed by atoms with Gasteiger partial charge in [-0.2, -0.15) is 4.39 Å². The van der Waals surface area contributed by atoms with E-state index in [9.17, 15) is 9.18 Å². The lowest BCUT2D eigenvalue weighted by atomic mass is 10.1. The Morgan fingerprint density at radius 2 is 2.08 bits per heavy atom. The van der Waals surface area contributed by atoms with Crippen LogP contribution in [0.2, 0.25) is 0 Å². The summed E-state index contributed by atoms with van der Waals surface area (Å²) in [5.41, 5.74) is 0.828. The molecule has 0 spiro atoms. The third-order valence-corrected chi connectivity index (χ3v) is 1.84. The Balaban J connectivity index is 2.86. The molecule has 0 unspecified atom stereocenters. The molecule has 0 bridgehead atoms. The minimum Gasteiger partial charge on any atom is -0.298 e. The Bertz CT molecular complexity index is 467. The van der Waals surface area contributed by atoms with Gasteiger partial charge < -0.3 is 0 Å². The highest BCUT2D eigenvalue weighted by Gasteiger charge is 2.01. The van der Waals surface area contributed by atoms with Crippen molar-refractivity contribution in [2.24, 2.45) is 0 Å². The van der Waals surface area contributed by atoms with Crippen molar-refractivity contribution in [3.8, 4) is 0 Å². The summed E-state index contributed by atoms with van der Waals surface area (Å²) in [6.45, 7) is 0. The molecule has 0 aliphatic rings. The van der Waals surface area contributed by atoms with Crippen LogP contribution in [0.3, 0.4) is 0 Å². The molecule has 0 radical (unpaired) electrons. The number of aromatic nitrogens is 1. The first-order valence-electron chi connectivity index (χ1n) is 3.82. The van der Waals surface area contributed by atoms with Gasteiger partial charge in [-0.3, -0.25) is 4.79 Å². The molecule has 0 atom stereocenters. The van der Waals surface area contributed by atoms with E-state index in [1.54, 1.807) is 24.3 Å². The Labute approximate surface area is 74.0 Å². The molecule has 0 fully saturated rings. The summed E-state index contributed by atoms with van der Waals surface area (Å²) in [5.74, 6) is -0.568. The number of aldehydes is 1. The highest BCUT2D eigenvalue weighted by atomic mass is 19.1. The number of halogens is 1. The minimum absolute atomic E-state index is 0.414. The van der Waals surface area contributed by atoms with Crippen LogP contribution < -0.4 is 0 Å². The van der Waals surface area contributed by atoms with Gasteiger partial charge in [0.2, 0.25) is 5.95 Å². The summed E-state index contributed by atoms with van der Waals surface area (Å²) in [5, 5.41) is 0.769. The zero-order valence-corrected chi connectivity index (χ0v) is 6.70. The average Bonchev–Trinajstić information content (AvgIpc) is 2.17. The Morgan fingerprint density at radius 3 is 2.85 bits per heavy atom. The Morgan fingerprint density at radius 1 is 1.23 bits per heavy atom. The third-order valence-electron chi connectivity index (χ3n) is 1.84. The van der Waals surface area contributed by atoms with E-state index in [-0.39, 0.29) is 0 Å². The maximum atomic E-state index is 12.7. The van der Waals surface area contributed by atoms with E-state index in [0.29, 0.717) is 17.4 Å². The normalized spacial score (nSPS) is 10.2. The van der Waals surface area contributed by atoms with Gasteiger partial charge in [-0.05, 0) is 18.2 Å². The summed E-state index contributed by atoms with van der Waals surface area (Å²) in [7, 11) is 0. The van der Waals surface area contributed by atoms with Crippen molar-refractivity contribution in [3.63, 3.8) is 0 Å². The highest BCUT2D eigenvalue weighted by molar-refractivity contribution is 5.95. The lowest BCUT2D eigenvalue weighted by Crippen LogP contribution is -1.89. The standard InChI is InChI=1S/C10H6FNO/c11-9-5-4-7-2-1-3-8(6-13)10(7)12-9/h1-6H. The van der Waals surface area contributed by atoms with Crippen LogP contribution in [-0.4, -0.2) is 11.3 Å². The second-order valence-corrected chi connectivity index (χ2v) is 2.67. The van der Waals surface area contributed by atoms with Gasteiger partial charge in [0, 0.05) is 10.9 Å². The second kappa shape index (κ2) is 2.94. The van der Waals surface area contributed by atoms with E-state index in [0.717, 1.165) is 5.39 Å². The number of pyridine rings is 1. The summed E-state index contributed by atoms with van der Waals surface area (Å²) in [6, 6.07) is 8.02.